The maximum Gasteiger partial charge on any atom is 0.253 e. The number of nitrogens with zero attached hydrogens (tertiary/aromatic N) is 3. The van der Waals surface area contributed by atoms with E-state index in [2.05, 4.69) is 9.71 Å². The van der Waals surface area contributed by atoms with Crippen LogP contribution in [0.4, 0.5) is 5.69 Å². The zero-order chi connectivity index (χ0) is 22.1. The number of benzene rings is 2. The molecule has 1 saturated heterocycles. The molecule has 0 radical (unpaired) electrons. The highest BCUT2D eigenvalue weighted by Crippen LogP contribution is 2.17. The van der Waals surface area contributed by atoms with Gasteiger partial charge in [-0.15, -0.1) is 0 Å². The topological polar surface area (TPSA) is 65.0 Å². The van der Waals surface area contributed by atoms with E-state index >= 15 is 0 Å². The molecule has 1 aliphatic heterocycles. The van der Waals surface area contributed by atoms with Crippen molar-refractivity contribution in [1.82, 2.24) is 9.80 Å². The fraction of sp³-hybridized carbons (Fsp3) is 0.348. The van der Waals surface area contributed by atoms with E-state index in [-0.39, 0.29) is 11.8 Å². The maximum absolute atomic E-state index is 12.9. The predicted molar refractivity (Wildman–Crippen MR) is 129 cm³/mol. The van der Waals surface area contributed by atoms with Crippen LogP contribution in [-0.2, 0) is 0 Å². The smallest absolute Gasteiger partial charge is 0.253 e. The molecule has 1 aliphatic rings. The fourth-order valence-electron chi connectivity index (χ4n) is 3.32. The van der Waals surface area contributed by atoms with E-state index in [0.29, 0.717) is 42.3 Å². The van der Waals surface area contributed by atoms with Gasteiger partial charge in [-0.25, -0.2) is 0 Å². The third-order valence-corrected chi connectivity index (χ3v) is 6.01. The Balaban J connectivity index is 1.53. The van der Waals surface area contributed by atoms with Crippen molar-refractivity contribution in [3.8, 4) is 0 Å². The average molecular weight is 459 g/mol. The highest BCUT2D eigenvalue weighted by molar-refractivity contribution is 8.00. The minimum Gasteiger partial charge on any atom is -0.337 e. The molecule has 6 nitrogen and oxygen atoms in total. The number of nitrogens with one attached hydrogen (secondary N) is 1. The van der Waals surface area contributed by atoms with Gasteiger partial charge in [0, 0.05) is 60.3 Å². The molecular formula is C23H27ClN4O2S. The van der Waals surface area contributed by atoms with Crippen molar-refractivity contribution < 1.29 is 9.59 Å². The van der Waals surface area contributed by atoms with Crippen LogP contribution >= 0.6 is 23.5 Å². The summed E-state index contributed by atoms with van der Waals surface area (Å²) in [5, 5.41) is 0.606. The first kappa shape index (κ1) is 23.2. The quantitative estimate of drug-likeness (QED) is 0.377. The molecule has 1 fully saturated rings. The standard InChI is InChI=1S/C23H27ClN4O2S/c1-2-25-12-17-31-26-21-10-6-19(7-11-21)23(30)28-14-3-13-27(15-16-28)22(29)18-4-8-20(24)9-5-18/h2,4-11,26H,3,12-17H2,1H3. The Morgan fingerprint density at radius 2 is 1.52 bits per heavy atom. The molecule has 1 N–H and O–H groups in total. The summed E-state index contributed by atoms with van der Waals surface area (Å²) in [5.74, 6) is 0.852. The number of carbonyl (C=O) groups excluding carboxylic acids is 2. The van der Waals surface area contributed by atoms with Gasteiger partial charge in [0.05, 0.1) is 0 Å². The maximum atomic E-state index is 12.9. The van der Waals surface area contributed by atoms with Crippen LogP contribution < -0.4 is 4.72 Å². The Morgan fingerprint density at radius 1 is 0.968 bits per heavy atom. The van der Waals surface area contributed by atoms with Crippen molar-refractivity contribution in [2.75, 3.05) is 43.2 Å². The van der Waals surface area contributed by atoms with Crippen LogP contribution in [0.5, 0.6) is 0 Å². The van der Waals surface area contributed by atoms with E-state index in [1.807, 2.05) is 41.0 Å². The number of anilines is 1. The van der Waals surface area contributed by atoms with Crippen LogP contribution in [0.25, 0.3) is 0 Å². The second-order valence-electron chi connectivity index (χ2n) is 7.14. The Morgan fingerprint density at radius 3 is 2.06 bits per heavy atom. The molecule has 2 aromatic carbocycles. The minimum absolute atomic E-state index is 0.00252. The van der Waals surface area contributed by atoms with Crippen LogP contribution in [0.3, 0.4) is 0 Å². The number of carbonyl (C=O) groups is 2. The summed E-state index contributed by atoms with van der Waals surface area (Å²) in [6.45, 7) is 4.99. The summed E-state index contributed by atoms with van der Waals surface area (Å²) in [4.78, 5) is 33.5. The zero-order valence-electron chi connectivity index (χ0n) is 17.6. The lowest BCUT2D eigenvalue weighted by atomic mass is 10.2. The van der Waals surface area contributed by atoms with Gasteiger partial charge in [-0.1, -0.05) is 23.5 Å². The van der Waals surface area contributed by atoms with Crippen molar-refractivity contribution in [2.24, 2.45) is 4.99 Å². The van der Waals surface area contributed by atoms with Gasteiger partial charge in [-0.2, -0.15) is 0 Å². The largest absolute Gasteiger partial charge is 0.337 e. The molecule has 164 valence electrons. The van der Waals surface area contributed by atoms with E-state index in [0.717, 1.165) is 24.4 Å². The van der Waals surface area contributed by atoms with E-state index in [1.54, 1.807) is 42.4 Å². The molecule has 2 aromatic rings. The van der Waals surface area contributed by atoms with Gasteiger partial charge in [0.1, 0.15) is 0 Å². The minimum atomic E-state index is -0.0245. The van der Waals surface area contributed by atoms with Crippen molar-refractivity contribution in [3.05, 3.63) is 64.7 Å². The van der Waals surface area contributed by atoms with E-state index in [9.17, 15) is 9.59 Å². The second kappa shape index (κ2) is 11.8. The van der Waals surface area contributed by atoms with Gasteiger partial charge in [0.25, 0.3) is 11.8 Å². The van der Waals surface area contributed by atoms with Crippen molar-refractivity contribution in [1.29, 1.82) is 0 Å². The molecular weight excluding hydrogens is 432 g/mol. The van der Waals surface area contributed by atoms with E-state index < -0.39 is 0 Å². The lowest BCUT2D eigenvalue weighted by molar-refractivity contribution is 0.0719. The molecule has 2 amide bonds. The second-order valence-corrected chi connectivity index (χ2v) is 8.47. The molecule has 0 atom stereocenters. The summed E-state index contributed by atoms with van der Waals surface area (Å²) in [6.07, 6.45) is 2.55. The van der Waals surface area contributed by atoms with Crippen LogP contribution in [0.15, 0.2) is 53.5 Å². The summed E-state index contributed by atoms with van der Waals surface area (Å²) < 4.78 is 3.26. The third-order valence-electron chi connectivity index (χ3n) is 4.99. The van der Waals surface area contributed by atoms with Crippen LogP contribution in [0, 0.1) is 0 Å². The number of rotatable bonds is 7. The van der Waals surface area contributed by atoms with Gasteiger partial charge in [-0.05, 0) is 68.1 Å². The first-order valence-corrected chi connectivity index (χ1v) is 11.7. The first-order valence-electron chi connectivity index (χ1n) is 10.3. The summed E-state index contributed by atoms with van der Waals surface area (Å²) in [6, 6.07) is 14.4. The normalized spacial score (nSPS) is 14.5. The fourth-order valence-corrected chi connectivity index (χ4v) is 4.05. The van der Waals surface area contributed by atoms with Crippen molar-refractivity contribution in [2.45, 2.75) is 13.3 Å². The van der Waals surface area contributed by atoms with Crippen molar-refractivity contribution in [3.63, 3.8) is 0 Å². The zero-order valence-corrected chi connectivity index (χ0v) is 19.2. The molecule has 1 heterocycles. The molecule has 0 unspecified atom stereocenters. The highest BCUT2D eigenvalue weighted by Gasteiger charge is 2.23. The summed E-state index contributed by atoms with van der Waals surface area (Å²) in [5.41, 5.74) is 2.23. The monoisotopic (exact) mass is 458 g/mol. The molecule has 0 bridgehead atoms. The number of hydrogen-bond acceptors (Lipinski definition) is 5. The summed E-state index contributed by atoms with van der Waals surface area (Å²) in [7, 11) is 0. The molecule has 31 heavy (non-hydrogen) atoms. The van der Waals surface area contributed by atoms with Crippen LogP contribution in [0.1, 0.15) is 34.1 Å². The molecule has 0 aromatic heterocycles. The molecule has 8 heteroatoms. The predicted octanol–water partition coefficient (Wildman–Crippen LogP) is 4.48. The lowest BCUT2D eigenvalue weighted by Crippen LogP contribution is -2.37. The average Bonchev–Trinajstić information content (AvgIpc) is 3.05. The lowest BCUT2D eigenvalue weighted by Gasteiger charge is -2.22. The SMILES string of the molecule is CC=NCCSNc1ccc(C(=O)N2CCCN(C(=O)c3ccc(Cl)cc3)CC2)cc1. The Kier molecular flexibility index (Phi) is 8.79. The number of aliphatic imine (C=N–C) groups is 1. The van der Waals surface area contributed by atoms with Gasteiger partial charge in [0.2, 0.25) is 0 Å². The highest BCUT2D eigenvalue weighted by atomic mass is 35.5. The third kappa shape index (κ3) is 6.74. The van der Waals surface area contributed by atoms with Gasteiger partial charge < -0.3 is 14.5 Å². The Labute approximate surface area is 192 Å². The van der Waals surface area contributed by atoms with E-state index in [1.165, 1.54) is 0 Å². The van der Waals surface area contributed by atoms with Gasteiger partial charge >= 0.3 is 0 Å². The van der Waals surface area contributed by atoms with Crippen molar-refractivity contribution >= 4 is 47.3 Å². The molecule has 0 saturated carbocycles. The molecule has 0 aliphatic carbocycles. The Hall–Kier alpha value is -2.51. The van der Waals surface area contributed by atoms with E-state index in [4.69, 9.17) is 11.6 Å². The van der Waals surface area contributed by atoms with Crippen LogP contribution in [0.2, 0.25) is 5.02 Å². The number of halogens is 1. The van der Waals surface area contributed by atoms with Gasteiger partial charge in [0.15, 0.2) is 0 Å². The number of hydrogen-bond donors (Lipinski definition) is 1. The number of amides is 2. The molecule has 3 rings (SSSR count). The first-order chi connectivity index (χ1) is 15.1. The van der Waals surface area contributed by atoms with Crippen LogP contribution in [-0.4, -0.2) is 66.3 Å². The molecule has 0 spiro atoms. The van der Waals surface area contributed by atoms with Gasteiger partial charge in [-0.3, -0.25) is 14.6 Å². The Bertz CT molecular complexity index is 903. The summed E-state index contributed by atoms with van der Waals surface area (Å²) >= 11 is 7.50.